The van der Waals surface area contributed by atoms with E-state index in [1.54, 1.807) is 0 Å². The highest BCUT2D eigenvalue weighted by molar-refractivity contribution is 5.82. The average Bonchev–Trinajstić information content (AvgIpc) is 3.31. The van der Waals surface area contributed by atoms with Crippen LogP contribution >= 0.6 is 0 Å². The van der Waals surface area contributed by atoms with Gasteiger partial charge < -0.3 is 19.9 Å². The van der Waals surface area contributed by atoms with Gasteiger partial charge in [-0.25, -0.2) is 9.59 Å². The molecule has 2 aliphatic carbocycles. The van der Waals surface area contributed by atoms with Crippen LogP contribution in [0.2, 0.25) is 0 Å². The summed E-state index contributed by atoms with van der Waals surface area (Å²) in [5.74, 6) is -0.714. The van der Waals surface area contributed by atoms with Crippen molar-refractivity contribution < 1.29 is 24.2 Å². The summed E-state index contributed by atoms with van der Waals surface area (Å²) in [4.78, 5) is 24.6. The van der Waals surface area contributed by atoms with E-state index in [2.05, 4.69) is 29.6 Å². The van der Waals surface area contributed by atoms with Gasteiger partial charge in [-0.05, 0) is 47.4 Å². The number of benzene rings is 2. The van der Waals surface area contributed by atoms with Crippen LogP contribution in [-0.2, 0) is 14.3 Å². The predicted octanol–water partition coefficient (Wildman–Crippen LogP) is 3.23. The molecule has 152 valence electrons. The van der Waals surface area contributed by atoms with E-state index in [-0.39, 0.29) is 18.4 Å². The molecule has 1 amide bonds. The molecule has 0 saturated heterocycles. The third-order valence-corrected chi connectivity index (χ3v) is 5.99. The number of aliphatic hydroxyl groups is 1. The van der Waals surface area contributed by atoms with E-state index < -0.39 is 24.2 Å². The van der Waals surface area contributed by atoms with E-state index in [1.807, 2.05) is 24.3 Å². The van der Waals surface area contributed by atoms with Gasteiger partial charge in [0.15, 0.2) is 0 Å². The molecule has 29 heavy (non-hydrogen) atoms. The Labute approximate surface area is 169 Å². The van der Waals surface area contributed by atoms with E-state index >= 15 is 0 Å². The molecule has 0 aromatic heterocycles. The minimum absolute atomic E-state index is 0.0435. The van der Waals surface area contributed by atoms with Crippen molar-refractivity contribution in [3.63, 3.8) is 0 Å². The zero-order valence-electron chi connectivity index (χ0n) is 16.3. The maximum atomic E-state index is 12.5. The summed E-state index contributed by atoms with van der Waals surface area (Å²) < 4.78 is 10.4. The lowest BCUT2D eigenvalue weighted by Gasteiger charge is -2.22. The van der Waals surface area contributed by atoms with Gasteiger partial charge in [-0.2, -0.15) is 0 Å². The topological polar surface area (TPSA) is 84.9 Å². The highest BCUT2D eigenvalue weighted by Crippen LogP contribution is 2.44. The van der Waals surface area contributed by atoms with Crippen LogP contribution in [0.1, 0.15) is 36.3 Å². The lowest BCUT2D eigenvalue weighted by atomic mass is 9.98. The summed E-state index contributed by atoms with van der Waals surface area (Å²) in [7, 11) is 1.29. The number of carbonyl (C=O) groups is 2. The van der Waals surface area contributed by atoms with Gasteiger partial charge in [-0.3, -0.25) is 0 Å². The maximum Gasteiger partial charge on any atom is 0.407 e. The maximum absolute atomic E-state index is 12.5. The number of amides is 1. The Bertz CT molecular complexity index is 866. The SMILES string of the molecule is COC(=O)C(NC(=O)OCC1c2ccccc2-c2ccccc21)C1CCC(O)C1. The standard InChI is InChI=1S/C23H25NO5/c1-28-22(26)21(14-10-11-15(25)12-14)24-23(27)29-13-20-18-8-4-2-6-16(18)17-7-3-5-9-19(17)20/h2-9,14-15,20-21,25H,10-13H2,1H3,(H,24,27). The van der Waals surface area contributed by atoms with Gasteiger partial charge in [0.05, 0.1) is 13.2 Å². The summed E-state index contributed by atoms with van der Waals surface area (Å²) in [6.07, 6.45) is 0.638. The Kier molecular flexibility index (Phi) is 5.53. The smallest absolute Gasteiger partial charge is 0.407 e. The normalized spacial score (nSPS) is 21.2. The fraction of sp³-hybridized carbons (Fsp3) is 0.391. The first-order chi connectivity index (χ1) is 14.1. The van der Waals surface area contributed by atoms with E-state index in [1.165, 1.54) is 7.11 Å². The van der Waals surface area contributed by atoms with Crippen LogP contribution in [0.15, 0.2) is 48.5 Å². The molecule has 1 fully saturated rings. The zero-order chi connectivity index (χ0) is 20.4. The molecule has 1 saturated carbocycles. The first-order valence-corrected chi connectivity index (χ1v) is 9.96. The number of fused-ring (bicyclic) bond motifs is 3. The van der Waals surface area contributed by atoms with Crippen molar-refractivity contribution in [2.24, 2.45) is 5.92 Å². The number of alkyl carbamates (subject to hydrolysis) is 1. The lowest BCUT2D eigenvalue weighted by molar-refractivity contribution is -0.144. The summed E-state index contributed by atoms with van der Waals surface area (Å²) in [5, 5.41) is 12.4. The molecule has 0 radical (unpaired) electrons. The quantitative estimate of drug-likeness (QED) is 0.760. The molecule has 4 rings (SSSR count). The van der Waals surface area contributed by atoms with Crippen LogP contribution in [0.3, 0.4) is 0 Å². The summed E-state index contributed by atoms with van der Waals surface area (Å²) in [5.41, 5.74) is 4.57. The molecule has 0 spiro atoms. The second-order valence-electron chi connectivity index (χ2n) is 7.70. The number of esters is 1. The van der Waals surface area contributed by atoms with Crippen LogP contribution in [0.25, 0.3) is 11.1 Å². The first kappa shape index (κ1) is 19.5. The van der Waals surface area contributed by atoms with Crippen molar-refractivity contribution in [3.05, 3.63) is 59.7 Å². The molecule has 2 aromatic carbocycles. The molecule has 6 nitrogen and oxygen atoms in total. The molecule has 0 heterocycles. The zero-order valence-corrected chi connectivity index (χ0v) is 16.3. The van der Waals surface area contributed by atoms with Gasteiger partial charge in [0.1, 0.15) is 12.6 Å². The first-order valence-electron chi connectivity index (χ1n) is 9.96. The van der Waals surface area contributed by atoms with E-state index in [0.29, 0.717) is 19.3 Å². The number of methoxy groups -OCH3 is 1. The molecule has 6 heteroatoms. The number of aliphatic hydroxyl groups excluding tert-OH is 1. The molecule has 0 bridgehead atoms. The van der Waals surface area contributed by atoms with Gasteiger partial charge in [-0.1, -0.05) is 48.5 Å². The highest BCUT2D eigenvalue weighted by atomic mass is 16.6. The molecule has 3 atom stereocenters. The highest BCUT2D eigenvalue weighted by Gasteiger charge is 2.37. The summed E-state index contributed by atoms with van der Waals surface area (Å²) in [6, 6.07) is 15.4. The Balaban J connectivity index is 1.45. The molecule has 0 aliphatic heterocycles. The van der Waals surface area contributed by atoms with E-state index in [9.17, 15) is 14.7 Å². The molecule has 2 aliphatic rings. The third-order valence-electron chi connectivity index (χ3n) is 5.99. The number of nitrogens with one attached hydrogen (secondary N) is 1. The van der Waals surface area contributed by atoms with Crippen LogP contribution in [0.5, 0.6) is 0 Å². The Morgan fingerprint density at radius 2 is 1.69 bits per heavy atom. The van der Waals surface area contributed by atoms with E-state index in [4.69, 9.17) is 9.47 Å². The molecular weight excluding hydrogens is 370 g/mol. The van der Waals surface area contributed by atoms with Gasteiger partial charge in [0, 0.05) is 5.92 Å². The average molecular weight is 395 g/mol. The van der Waals surface area contributed by atoms with Crippen LogP contribution in [0, 0.1) is 5.92 Å². The van der Waals surface area contributed by atoms with Crippen molar-refractivity contribution in [2.45, 2.75) is 37.3 Å². The summed E-state index contributed by atoms with van der Waals surface area (Å²) >= 11 is 0. The fourth-order valence-electron chi connectivity index (χ4n) is 4.56. The molecule has 2 aromatic rings. The largest absolute Gasteiger partial charge is 0.467 e. The Morgan fingerprint density at radius 1 is 1.07 bits per heavy atom. The minimum atomic E-state index is -0.812. The molecule has 3 unspecified atom stereocenters. The second kappa shape index (κ2) is 8.25. The van der Waals surface area contributed by atoms with E-state index in [0.717, 1.165) is 22.3 Å². The molecule has 2 N–H and O–H groups in total. The Morgan fingerprint density at radius 3 is 2.24 bits per heavy atom. The van der Waals surface area contributed by atoms with Crippen LogP contribution in [-0.4, -0.2) is 43.0 Å². The number of rotatable bonds is 5. The van der Waals surface area contributed by atoms with Crippen LogP contribution in [0.4, 0.5) is 4.79 Å². The van der Waals surface area contributed by atoms with Crippen LogP contribution < -0.4 is 5.32 Å². The monoisotopic (exact) mass is 395 g/mol. The number of ether oxygens (including phenoxy) is 2. The Hall–Kier alpha value is -2.86. The summed E-state index contributed by atoms with van der Waals surface area (Å²) in [6.45, 7) is 0.182. The van der Waals surface area contributed by atoms with Crippen molar-refractivity contribution in [2.75, 3.05) is 13.7 Å². The van der Waals surface area contributed by atoms with Gasteiger partial charge in [0.2, 0.25) is 0 Å². The van der Waals surface area contributed by atoms with Gasteiger partial charge >= 0.3 is 12.1 Å². The number of carbonyl (C=O) groups excluding carboxylic acids is 2. The van der Waals surface area contributed by atoms with Gasteiger partial charge in [-0.15, -0.1) is 0 Å². The predicted molar refractivity (Wildman–Crippen MR) is 107 cm³/mol. The molecular formula is C23H25NO5. The fourth-order valence-corrected chi connectivity index (χ4v) is 4.56. The van der Waals surface area contributed by atoms with Crippen molar-refractivity contribution in [1.29, 1.82) is 0 Å². The number of hydrogen-bond donors (Lipinski definition) is 2. The number of hydrogen-bond acceptors (Lipinski definition) is 5. The van der Waals surface area contributed by atoms with Crippen molar-refractivity contribution >= 4 is 12.1 Å². The van der Waals surface area contributed by atoms with Gasteiger partial charge in [0.25, 0.3) is 0 Å². The minimum Gasteiger partial charge on any atom is -0.467 e. The lowest BCUT2D eigenvalue weighted by Crippen LogP contribution is -2.46. The van der Waals surface area contributed by atoms with Crippen molar-refractivity contribution in [3.8, 4) is 11.1 Å². The third kappa shape index (κ3) is 3.85. The second-order valence-corrected chi connectivity index (χ2v) is 7.70. The van der Waals surface area contributed by atoms with Crippen molar-refractivity contribution in [1.82, 2.24) is 5.32 Å².